The molecule has 1 N–H and O–H groups in total. The number of non-ortho nitro benzene ring substituents is 1. The summed E-state index contributed by atoms with van der Waals surface area (Å²) in [5, 5.41) is 14.2. The molecule has 0 heterocycles. The molecule has 0 saturated heterocycles. The van der Waals surface area contributed by atoms with Crippen LogP contribution in [0.25, 0.3) is 0 Å². The molecule has 0 radical (unpaired) electrons. The van der Waals surface area contributed by atoms with E-state index in [-0.39, 0.29) is 17.8 Å². The van der Waals surface area contributed by atoms with Crippen LogP contribution in [0.2, 0.25) is 0 Å². The highest BCUT2D eigenvalue weighted by Gasteiger charge is 2.33. The number of nitrogens with one attached hydrogen (secondary N) is 1. The largest absolute Gasteiger partial charge is 0.324 e. The van der Waals surface area contributed by atoms with Crippen LogP contribution < -0.4 is 9.62 Å². The molecule has 2 aromatic rings. The summed E-state index contributed by atoms with van der Waals surface area (Å²) in [7, 11) is -3.91. The van der Waals surface area contributed by atoms with Crippen LogP contribution in [0.15, 0.2) is 36.4 Å². The third-order valence-corrected chi connectivity index (χ3v) is 6.38. The average molecular weight is 448 g/mol. The fourth-order valence-electron chi connectivity index (χ4n) is 3.59. The first kappa shape index (κ1) is 24.3. The summed E-state index contributed by atoms with van der Waals surface area (Å²) in [4.78, 5) is 24.0. The van der Waals surface area contributed by atoms with Crippen LogP contribution in [0.5, 0.6) is 0 Å². The number of para-hydroxylation sites is 1. The third-order valence-electron chi connectivity index (χ3n) is 5.22. The van der Waals surface area contributed by atoms with Crippen LogP contribution in [0.1, 0.15) is 43.9 Å². The van der Waals surface area contributed by atoms with Gasteiger partial charge in [0.2, 0.25) is 15.9 Å². The van der Waals surface area contributed by atoms with Gasteiger partial charge in [-0.25, -0.2) is 8.42 Å². The van der Waals surface area contributed by atoms with E-state index in [9.17, 15) is 23.3 Å². The summed E-state index contributed by atoms with van der Waals surface area (Å²) in [5.74, 6) is -0.477. The predicted molar refractivity (Wildman–Crippen MR) is 123 cm³/mol. The van der Waals surface area contributed by atoms with E-state index in [1.165, 1.54) is 18.2 Å². The number of nitrogens with zero attached hydrogens (tertiary/aromatic N) is 2. The molecule has 9 heteroatoms. The van der Waals surface area contributed by atoms with Crippen molar-refractivity contribution in [2.24, 2.45) is 0 Å². The first-order valence-electron chi connectivity index (χ1n) is 10.2. The van der Waals surface area contributed by atoms with Crippen LogP contribution in [0.3, 0.4) is 0 Å². The Morgan fingerprint density at radius 2 is 1.71 bits per heavy atom. The highest BCUT2D eigenvalue weighted by molar-refractivity contribution is 7.92. The van der Waals surface area contributed by atoms with E-state index in [0.717, 1.165) is 21.7 Å². The van der Waals surface area contributed by atoms with E-state index in [0.29, 0.717) is 24.1 Å². The Balaban J connectivity index is 2.57. The Hall–Kier alpha value is -2.94. The minimum Gasteiger partial charge on any atom is -0.324 e. The Morgan fingerprint density at radius 1 is 1.13 bits per heavy atom. The van der Waals surface area contributed by atoms with Crippen molar-refractivity contribution in [3.8, 4) is 0 Å². The van der Waals surface area contributed by atoms with E-state index in [2.05, 4.69) is 5.32 Å². The molecule has 2 aromatic carbocycles. The van der Waals surface area contributed by atoms with Crippen LogP contribution in [-0.4, -0.2) is 31.5 Å². The van der Waals surface area contributed by atoms with Crippen LogP contribution in [-0.2, 0) is 27.7 Å². The van der Waals surface area contributed by atoms with E-state index in [1.54, 1.807) is 13.8 Å². The molecule has 31 heavy (non-hydrogen) atoms. The van der Waals surface area contributed by atoms with Gasteiger partial charge in [0.05, 0.1) is 16.9 Å². The molecule has 8 nitrogen and oxygen atoms in total. The second-order valence-corrected chi connectivity index (χ2v) is 9.22. The Labute approximate surface area is 183 Å². The van der Waals surface area contributed by atoms with Gasteiger partial charge in [0.15, 0.2) is 0 Å². The summed E-state index contributed by atoms with van der Waals surface area (Å²) in [6.07, 6.45) is 2.61. The molecule has 0 aliphatic rings. The van der Waals surface area contributed by atoms with Gasteiger partial charge in [0.1, 0.15) is 6.04 Å². The van der Waals surface area contributed by atoms with Crippen LogP contribution in [0.4, 0.5) is 17.1 Å². The van der Waals surface area contributed by atoms with Crippen molar-refractivity contribution in [1.29, 1.82) is 0 Å². The topological polar surface area (TPSA) is 110 Å². The lowest BCUT2D eigenvalue weighted by molar-refractivity contribution is -0.384. The molecule has 0 aromatic heterocycles. The summed E-state index contributed by atoms with van der Waals surface area (Å²) in [5.41, 5.74) is 3.01. The first-order valence-corrected chi connectivity index (χ1v) is 12.1. The third kappa shape index (κ3) is 5.41. The number of anilines is 2. The van der Waals surface area contributed by atoms with E-state index >= 15 is 0 Å². The minimum atomic E-state index is -3.91. The lowest BCUT2D eigenvalue weighted by Gasteiger charge is -2.31. The van der Waals surface area contributed by atoms with Crippen molar-refractivity contribution in [2.75, 3.05) is 15.9 Å². The number of hydrogen-bond donors (Lipinski definition) is 1. The quantitative estimate of drug-likeness (QED) is 0.457. The molecule has 1 amide bonds. The number of nitro groups is 1. The van der Waals surface area contributed by atoms with Gasteiger partial charge in [0, 0.05) is 17.8 Å². The van der Waals surface area contributed by atoms with Gasteiger partial charge in [-0.05, 0) is 42.9 Å². The maximum Gasteiger partial charge on any atom is 0.271 e. The summed E-state index contributed by atoms with van der Waals surface area (Å²) >= 11 is 0. The number of carbonyl (C=O) groups is 1. The lowest BCUT2D eigenvalue weighted by atomic mass is 10.0. The highest BCUT2D eigenvalue weighted by Crippen LogP contribution is 2.31. The molecule has 0 aliphatic heterocycles. The van der Waals surface area contributed by atoms with Gasteiger partial charge >= 0.3 is 0 Å². The highest BCUT2D eigenvalue weighted by atomic mass is 32.2. The van der Waals surface area contributed by atoms with E-state index < -0.39 is 26.9 Å². The van der Waals surface area contributed by atoms with Crippen molar-refractivity contribution in [1.82, 2.24) is 0 Å². The molecule has 0 unspecified atom stereocenters. The lowest BCUT2D eigenvalue weighted by Crippen LogP contribution is -2.47. The first-order chi connectivity index (χ1) is 14.5. The number of nitro benzene ring substituents is 1. The van der Waals surface area contributed by atoms with Gasteiger partial charge in [-0.3, -0.25) is 19.2 Å². The second-order valence-electron chi connectivity index (χ2n) is 7.36. The summed E-state index contributed by atoms with van der Waals surface area (Å²) in [6.45, 7) is 7.33. The van der Waals surface area contributed by atoms with Crippen molar-refractivity contribution >= 4 is 33.0 Å². The fraction of sp³-hybridized carbons (Fsp3) is 0.409. The summed E-state index contributed by atoms with van der Waals surface area (Å²) < 4.78 is 26.5. The minimum absolute atomic E-state index is 0.123. The standard InChI is InChI=1S/C22H29N3O5S/c1-6-16-10-9-11-17(7-2)21(16)23-22(26)19(8-3)24(31(5,29)30)20-14-18(25(27)28)13-12-15(20)4/h9-14,19H,6-8H2,1-5H3,(H,23,26)/t19-/m1/s1. The molecule has 0 aliphatic carbocycles. The number of benzene rings is 2. The number of rotatable bonds is 9. The predicted octanol–water partition coefficient (Wildman–Crippen LogP) is 4.21. The number of carbonyl (C=O) groups excluding carboxylic acids is 1. The van der Waals surface area contributed by atoms with E-state index in [1.807, 2.05) is 32.0 Å². The number of hydrogen-bond acceptors (Lipinski definition) is 5. The fourth-order valence-corrected chi connectivity index (χ4v) is 4.85. The summed E-state index contributed by atoms with van der Waals surface area (Å²) in [6, 6.07) is 8.71. The normalized spacial score (nSPS) is 12.3. The Morgan fingerprint density at radius 3 is 2.16 bits per heavy atom. The van der Waals surface area contributed by atoms with Gasteiger partial charge in [-0.1, -0.05) is 45.0 Å². The Kier molecular flexibility index (Phi) is 7.78. The maximum absolute atomic E-state index is 13.3. The molecule has 168 valence electrons. The zero-order valence-electron chi connectivity index (χ0n) is 18.5. The number of sulfonamides is 1. The monoisotopic (exact) mass is 447 g/mol. The molecule has 1 atom stereocenters. The molecular formula is C22H29N3O5S. The zero-order chi connectivity index (χ0) is 23.3. The molecular weight excluding hydrogens is 418 g/mol. The smallest absolute Gasteiger partial charge is 0.271 e. The number of amides is 1. The SMILES string of the molecule is CCc1cccc(CC)c1NC(=O)[C@@H](CC)N(c1cc([N+](=O)[O-])ccc1C)S(C)(=O)=O. The zero-order valence-corrected chi connectivity index (χ0v) is 19.3. The molecule has 0 saturated carbocycles. The number of aryl methyl sites for hydroxylation is 3. The molecule has 0 fully saturated rings. The van der Waals surface area contributed by atoms with Crippen molar-refractivity contribution in [3.63, 3.8) is 0 Å². The molecule has 0 bridgehead atoms. The average Bonchev–Trinajstić information content (AvgIpc) is 2.71. The van der Waals surface area contributed by atoms with Crippen LogP contribution in [0, 0.1) is 17.0 Å². The van der Waals surface area contributed by atoms with Crippen molar-refractivity contribution in [2.45, 2.75) is 53.0 Å². The maximum atomic E-state index is 13.3. The van der Waals surface area contributed by atoms with Crippen LogP contribution >= 0.6 is 0 Å². The van der Waals surface area contributed by atoms with Crippen molar-refractivity contribution < 1.29 is 18.1 Å². The van der Waals surface area contributed by atoms with Gasteiger partial charge in [0.25, 0.3) is 5.69 Å². The van der Waals surface area contributed by atoms with Gasteiger partial charge in [-0.15, -0.1) is 0 Å². The Bertz CT molecular complexity index is 1060. The molecule has 2 rings (SSSR count). The van der Waals surface area contributed by atoms with Gasteiger partial charge < -0.3 is 5.32 Å². The molecule has 0 spiro atoms. The van der Waals surface area contributed by atoms with Crippen molar-refractivity contribution in [3.05, 3.63) is 63.2 Å². The second kappa shape index (κ2) is 9.91. The van der Waals surface area contributed by atoms with E-state index in [4.69, 9.17) is 0 Å². The van der Waals surface area contributed by atoms with Gasteiger partial charge in [-0.2, -0.15) is 0 Å².